The first-order chi connectivity index (χ1) is 9.66. The molecule has 0 spiro atoms. The van der Waals surface area contributed by atoms with Crippen molar-refractivity contribution in [2.45, 2.75) is 20.0 Å². The lowest BCUT2D eigenvalue weighted by atomic mass is 9.97. The van der Waals surface area contributed by atoms with E-state index in [2.05, 4.69) is 6.92 Å². The zero-order valence-corrected chi connectivity index (χ0v) is 11.7. The number of rotatable bonds is 2. The fourth-order valence-electron chi connectivity index (χ4n) is 2.43. The summed E-state index contributed by atoms with van der Waals surface area (Å²) in [5.41, 5.74) is 4.01. The molecular weight excluding hydrogens is 252 g/mol. The summed E-state index contributed by atoms with van der Waals surface area (Å²) in [6.45, 7) is 5.18. The molecule has 104 valence electrons. The molecule has 1 unspecified atom stereocenters. The van der Waals surface area contributed by atoms with Gasteiger partial charge in [-0.1, -0.05) is 30.3 Å². The smallest absolute Gasteiger partial charge is 0.167 e. The summed E-state index contributed by atoms with van der Waals surface area (Å²) in [7, 11) is 0. The Morgan fingerprint density at radius 2 is 1.80 bits per heavy atom. The third-order valence-electron chi connectivity index (χ3n) is 3.74. The van der Waals surface area contributed by atoms with E-state index in [-0.39, 0.29) is 0 Å². The molecule has 1 atom stereocenters. The Hall–Kier alpha value is -2.00. The van der Waals surface area contributed by atoms with Crippen LogP contribution in [0.15, 0.2) is 36.4 Å². The highest BCUT2D eigenvalue weighted by Gasteiger charge is 2.21. The van der Waals surface area contributed by atoms with E-state index < -0.39 is 6.10 Å². The van der Waals surface area contributed by atoms with Crippen LogP contribution in [0.25, 0.3) is 0 Å². The van der Waals surface area contributed by atoms with Gasteiger partial charge in [0.25, 0.3) is 0 Å². The number of benzene rings is 2. The van der Waals surface area contributed by atoms with Gasteiger partial charge >= 0.3 is 0 Å². The first-order valence-corrected chi connectivity index (χ1v) is 6.80. The molecule has 0 bridgehead atoms. The molecule has 20 heavy (non-hydrogen) atoms. The van der Waals surface area contributed by atoms with Crippen molar-refractivity contribution in [2.24, 2.45) is 0 Å². The van der Waals surface area contributed by atoms with E-state index in [0.29, 0.717) is 24.7 Å². The number of ether oxygens (including phenoxy) is 2. The van der Waals surface area contributed by atoms with Gasteiger partial charge in [0.15, 0.2) is 11.5 Å². The topological polar surface area (TPSA) is 38.7 Å². The molecule has 0 amide bonds. The van der Waals surface area contributed by atoms with Crippen LogP contribution in [-0.2, 0) is 0 Å². The Balaban J connectivity index is 2.02. The summed E-state index contributed by atoms with van der Waals surface area (Å²) in [6.07, 6.45) is -0.703. The molecule has 3 rings (SSSR count). The number of hydrogen-bond acceptors (Lipinski definition) is 3. The molecule has 3 nitrogen and oxygen atoms in total. The number of hydrogen-bond donors (Lipinski definition) is 1. The van der Waals surface area contributed by atoms with Gasteiger partial charge in [-0.3, -0.25) is 0 Å². The Morgan fingerprint density at radius 1 is 1.00 bits per heavy atom. The van der Waals surface area contributed by atoms with Crippen LogP contribution in [0.5, 0.6) is 11.5 Å². The maximum Gasteiger partial charge on any atom is 0.167 e. The molecule has 1 aliphatic heterocycles. The predicted octanol–water partition coefficient (Wildman–Crippen LogP) is 3.16. The highest BCUT2D eigenvalue weighted by molar-refractivity contribution is 5.51. The van der Waals surface area contributed by atoms with Crippen LogP contribution in [0.2, 0.25) is 0 Å². The summed E-state index contributed by atoms with van der Waals surface area (Å²) in [5.74, 6) is 1.36. The van der Waals surface area contributed by atoms with E-state index in [4.69, 9.17) is 9.47 Å². The average Bonchev–Trinajstić information content (AvgIpc) is 2.49. The van der Waals surface area contributed by atoms with Crippen molar-refractivity contribution in [1.29, 1.82) is 0 Å². The van der Waals surface area contributed by atoms with Gasteiger partial charge in [0.1, 0.15) is 19.3 Å². The quantitative estimate of drug-likeness (QED) is 0.911. The minimum atomic E-state index is -0.703. The molecule has 1 heterocycles. The number of aliphatic hydroxyl groups excluding tert-OH is 1. The average molecular weight is 270 g/mol. The van der Waals surface area contributed by atoms with Crippen LogP contribution in [0, 0.1) is 13.8 Å². The van der Waals surface area contributed by atoms with Crippen molar-refractivity contribution in [1.82, 2.24) is 0 Å². The van der Waals surface area contributed by atoms with E-state index in [1.165, 1.54) is 11.1 Å². The lowest BCUT2D eigenvalue weighted by molar-refractivity contribution is 0.158. The zero-order chi connectivity index (χ0) is 14.1. The summed E-state index contributed by atoms with van der Waals surface area (Å²) in [5, 5.41) is 10.6. The molecule has 2 aromatic carbocycles. The van der Waals surface area contributed by atoms with E-state index in [1.807, 2.05) is 43.3 Å². The van der Waals surface area contributed by atoms with Crippen LogP contribution >= 0.6 is 0 Å². The van der Waals surface area contributed by atoms with Crippen molar-refractivity contribution in [2.75, 3.05) is 13.2 Å². The van der Waals surface area contributed by atoms with Crippen LogP contribution in [0.4, 0.5) is 0 Å². The Morgan fingerprint density at radius 3 is 2.60 bits per heavy atom. The minimum Gasteiger partial charge on any atom is -0.486 e. The SMILES string of the molecule is Cc1ccc(C(O)c2cccc3c2OCCO3)cc1C. The van der Waals surface area contributed by atoms with E-state index in [0.717, 1.165) is 11.1 Å². The first-order valence-electron chi connectivity index (χ1n) is 6.80. The number of fused-ring (bicyclic) bond motifs is 1. The maximum absolute atomic E-state index is 10.6. The lowest BCUT2D eigenvalue weighted by Gasteiger charge is -2.23. The van der Waals surface area contributed by atoms with Gasteiger partial charge < -0.3 is 14.6 Å². The van der Waals surface area contributed by atoms with Crippen molar-refractivity contribution in [3.8, 4) is 11.5 Å². The molecule has 1 N–H and O–H groups in total. The normalized spacial score (nSPS) is 14.9. The second-order valence-electron chi connectivity index (χ2n) is 5.12. The fourth-order valence-corrected chi connectivity index (χ4v) is 2.43. The van der Waals surface area contributed by atoms with Gasteiger partial charge in [-0.25, -0.2) is 0 Å². The van der Waals surface area contributed by atoms with Gasteiger partial charge in [-0.05, 0) is 36.6 Å². The standard InChI is InChI=1S/C17H18O3/c1-11-6-7-13(10-12(11)2)16(18)14-4-3-5-15-17(14)20-9-8-19-15/h3-7,10,16,18H,8-9H2,1-2H3. The van der Waals surface area contributed by atoms with Gasteiger partial charge in [0, 0.05) is 5.56 Å². The largest absolute Gasteiger partial charge is 0.486 e. The first kappa shape index (κ1) is 13.0. The summed E-state index contributed by atoms with van der Waals surface area (Å²) in [4.78, 5) is 0. The second kappa shape index (κ2) is 5.17. The molecule has 0 saturated heterocycles. The minimum absolute atomic E-state index is 0.518. The molecule has 2 aromatic rings. The molecule has 0 aliphatic carbocycles. The van der Waals surface area contributed by atoms with Crippen molar-refractivity contribution >= 4 is 0 Å². The molecule has 0 radical (unpaired) electrons. The van der Waals surface area contributed by atoms with Gasteiger partial charge in [-0.15, -0.1) is 0 Å². The lowest BCUT2D eigenvalue weighted by Crippen LogP contribution is -2.17. The maximum atomic E-state index is 10.6. The van der Waals surface area contributed by atoms with Gasteiger partial charge in [0.2, 0.25) is 0 Å². The van der Waals surface area contributed by atoms with Crippen LogP contribution in [0.1, 0.15) is 28.4 Å². The third kappa shape index (κ3) is 2.25. The predicted molar refractivity (Wildman–Crippen MR) is 77.4 cm³/mol. The molecule has 1 aliphatic rings. The van der Waals surface area contributed by atoms with Crippen LogP contribution < -0.4 is 9.47 Å². The number of aliphatic hydroxyl groups is 1. The summed E-state index contributed by atoms with van der Waals surface area (Å²) in [6, 6.07) is 11.6. The Labute approximate surface area is 118 Å². The van der Waals surface area contributed by atoms with E-state index in [1.54, 1.807) is 0 Å². The molecule has 3 heteroatoms. The number of aryl methyl sites for hydroxylation is 2. The van der Waals surface area contributed by atoms with Crippen LogP contribution in [-0.4, -0.2) is 18.3 Å². The fraction of sp³-hybridized carbons (Fsp3) is 0.294. The molecule has 0 fully saturated rings. The second-order valence-corrected chi connectivity index (χ2v) is 5.12. The zero-order valence-electron chi connectivity index (χ0n) is 11.7. The van der Waals surface area contributed by atoms with Gasteiger partial charge in [-0.2, -0.15) is 0 Å². The highest BCUT2D eigenvalue weighted by atomic mass is 16.6. The molecular formula is C17H18O3. The summed E-state index contributed by atoms with van der Waals surface area (Å²) < 4.78 is 11.2. The number of para-hydroxylation sites is 1. The van der Waals surface area contributed by atoms with Gasteiger partial charge in [0.05, 0.1) is 0 Å². The Kier molecular flexibility index (Phi) is 3.36. The van der Waals surface area contributed by atoms with Crippen molar-refractivity contribution < 1.29 is 14.6 Å². The summed E-state index contributed by atoms with van der Waals surface area (Å²) >= 11 is 0. The van der Waals surface area contributed by atoms with E-state index >= 15 is 0 Å². The third-order valence-corrected chi connectivity index (χ3v) is 3.74. The van der Waals surface area contributed by atoms with Crippen molar-refractivity contribution in [3.63, 3.8) is 0 Å². The Bertz CT molecular complexity index is 634. The van der Waals surface area contributed by atoms with Crippen molar-refractivity contribution in [3.05, 3.63) is 58.7 Å². The highest BCUT2D eigenvalue weighted by Crippen LogP contribution is 2.39. The van der Waals surface area contributed by atoms with Crippen LogP contribution in [0.3, 0.4) is 0 Å². The monoisotopic (exact) mass is 270 g/mol. The molecule has 0 saturated carbocycles. The van der Waals surface area contributed by atoms with E-state index in [9.17, 15) is 5.11 Å². The molecule has 0 aromatic heterocycles.